The Morgan fingerprint density at radius 2 is 1.84 bits per heavy atom. The van der Waals surface area contributed by atoms with Crippen molar-refractivity contribution in [1.82, 2.24) is 5.32 Å². The summed E-state index contributed by atoms with van der Waals surface area (Å²) in [5.41, 5.74) is -0.0200. The van der Waals surface area contributed by atoms with Crippen molar-refractivity contribution < 1.29 is 23.4 Å². The average Bonchev–Trinajstić information content (AvgIpc) is 2.35. The summed E-state index contributed by atoms with van der Waals surface area (Å²) < 4.78 is 22.5. The first-order valence-electron chi connectivity index (χ1n) is 5.91. The van der Waals surface area contributed by atoms with Crippen LogP contribution in [-0.2, 0) is 9.84 Å². The second kappa shape index (κ2) is 5.08. The lowest BCUT2D eigenvalue weighted by molar-refractivity contribution is 0.0931. The van der Waals surface area contributed by atoms with Crippen molar-refractivity contribution in [2.24, 2.45) is 0 Å². The van der Waals surface area contributed by atoms with Gasteiger partial charge in [0, 0.05) is 6.04 Å². The summed E-state index contributed by atoms with van der Waals surface area (Å²) in [4.78, 5) is 11.9. The van der Waals surface area contributed by atoms with E-state index in [0.717, 1.165) is 0 Å². The molecule has 1 aromatic carbocycles. The van der Waals surface area contributed by atoms with Gasteiger partial charge in [-0.25, -0.2) is 8.42 Å². The fraction of sp³-hybridized carbons (Fsp3) is 0.417. The predicted octanol–water partition coefficient (Wildman–Crippen LogP) is 0.405. The Kier molecular flexibility index (Phi) is 3.66. The Hall–Kier alpha value is -1.76. The van der Waals surface area contributed by atoms with Crippen molar-refractivity contribution >= 4 is 15.7 Å². The van der Waals surface area contributed by atoms with E-state index in [1.165, 1.54) is 18.2 Å². The molecule has 19 heavy (non-hydrogen) atoms. The molecule has 7 heteroatoms. The molecule has 0 atom stereocenters. The number of phenols is 2. The maximum Gasteiger partial charge on any atom is 0.255 e. The van der Waals surface area contributed by atoms with Crippen LogP contribution in [0, 0.1) is 0 Å². The second-order valence-corrected chi connectivity index (χ2v) is 6.90. The van der Waals surface area contributed by atoms with E-state index in [4.69, 9.17) is 0 Å². The number of carbonyl (C=O) groups excluding carboxylic acids is 1. The van der Waals surface area contributed by atoms with Crippen molar-refractivity contribution in [2.75, 3.05) is 11.5 Å². The van der Waals surface area contributed by atoms with E-state index in [1.54, 1.807) is 0 Å². The van der Waals surface area contributed by atoms with E-state index in [0.29, 0.717) is 12.8 Å². The molecule has 1 amide bonds. The summed E-state index contributed by atoms with van der Waals surface area (Å²) in [6.45, 7) is 0. The number of nitrogens with one attached hydrogen (secondary N) is 1. The molecule has 0 unspecified atom stereocenters. The third-order valence-electron chi connectivity index (χ3n) is 3.11. The molecule has 1 saturated heterocycles. The molecular formula is C12H15NO5S. The molecule has 2 rings (SSSR count). The molecule has 1 aliphatic rings. The lowest BCUT2D eigenvalue weighted by Crippen LogP contribution is -2.40. The number of benzene rings is 1. The van der Waals surface area contributed by atoms with Gasteiger partial charge in [-0.2, -0.15) is 0 Å². The van der Waals surface area contributed by atoms with E-state index < -0.39 is 15.7 Å². The van der Waals surface area contributed by atoms with Gasteiger partial charge in [-0.05, 0) is 31.0 Å². The van der Waals surface area contributed by atoms with Gasteiger partial charge >= 0.3 is 0 Å². The van der Waals surface area contributed by atoms with Crippen LogP contribution in [0.15, 0.2) is 18.2 Å². The molecule has 1 aliphatic heterocycles. The smallest absolute Gasteiger partial charge is 0.255 e. The van der Waals surface area contributed by atoms with Gasteiger partial charge in [-0.15, -0.1) is 0 Å². The molecule has 0 bridgehead atoms. The minimum Gasteiger partial charge on any atom is -0.508 e. The van der Waals surface area contributed by atoms with Gasteiger partial charge in [-0.3, -0.25) is 4.79 Å². The van der Waals surface area contributed by atoms with Gasteiger partial charge < -0.3 is 15.5 Å². The fourth-order valence-electron chi connectivity index (χ4n) is 2.00. The van der Waals surface area contributed by atoms with Crippen molar-refractivity contribution in [1.29, 1.82) is 0 Å². The van der Waals surface area contributed by atoms with Crippen LogP contribution >= 0.6 is 0 Å². The normalized spacial score (nSPS) is 18.9. The third kappa shape index (κ3) is 3.37. The van der Waals surface area contributed by atoms with Crippen molar-refractivity contribution in [3.8, 4) is 11.5 Å². The molecule has 6 nitrogen and oxygen atoms in total. The van der Waals surface area contributed by atoms with Gasteiger partial charge in [0.25, 0.3) is 5.91 Å². The Bertz CT molecular complexity index is 582. The van der Waals surface area contributed by atoms with Crippen LogP contribution in [-0.4, -0.2) is 42.1 Å². The number of hydrogen-bond acceptors (Lipinski definition) is 5. The molecular weight excluding hydrogens is 270 g/mol. The molecule has 0 spiro atoms. The number of amides is 1. The number of phenolic OH excluding ortho intramolecular Hbond substituents is 2. The highest BCUT2D eigenvalue weighted by Gasteiger charge is 2.25. The summed E-state index contributed by atoms with van der Waals surface area (Å²) >= 11 is 0. The standard InChI is InChI=1S/C12H15NO5S/c14-9-1-2-11(15)10(7-9)12(16)13-8-3-5-19(17,18)6-4-8/h1-2,7-8,14-15H,3-6H2,(H,13,16). The van der Waals surface area contributed by atoms with Crippen LogP contribution in [0.5, 0.6) is 11.5 Å². The highest BCUT2D eigenvalue weighted by Crippen LogP contribution is 2.22. The summed E-state index contributed by atoms with van der Waals surface area (Å²) in [5.74, 6) is -0.737. The highest BCUT2D eigenvalue weighted by atomic mass is 32.2. The second-order valence-electron chi connectivity index (χ2n) is 4.60. The lowest BCUT2D eigenvalue weighted by Gasteiger charge is -2.23. The van der Waals surface area contributed by atoms with E-state index in [1.807, 2.05) is 0 Å². The number of aromatic hydroxyl groups is 2. The van der Waals surface area contributed by atoms with Gasteiger partial charge in [-0.1, -0.05) is 0 Å². The van der Waals surface area contributed by atoms with Crippen molar-refractivity contribution in [3.05, 3.63) is 23.8 Å². The maximum atomic E-state index is 11.9. The quantitative estimate of drug-likeness (QED) is 0.683. The molecule has 0 aliphatic carbocycles. The lowest BCUT2D eigenvalue weighted by atomic mass is 10.1. The molecule has 0 radical (unpaired) electrons. The first-order chi connectivity index (χ1) is 8.87. The van der Waals surface area contributed by atoms with E-state index >= 15 is 0 Å². The Balaban J connectivity index is 2.04. The predicted molar refractivity (Wildman–Crippen MR) is 68.9 cm³/mol. The zero-order valence-electron chi connectivity index (χ0n) is 10.2. The first-order valence-corrected chi connectivity index (χ1v) is 7.73. The van der Waals surface area contributed by atoms with Crippen LogP contribution < -0.4 is 5.32 Å². The van der Waals surface area contributed by atoms with Crippen LogP contribution in [0.2, 0.25) is 0 Å². The van der Waals surface area contributed by atoms with Gasteiger partial charge in [0.05, 0.1) is 17.1 Å². The zero-order valence-corrected chi connectivity index (χ0v) is 11.0. The summed E-state index contributed by atoms with van der Waals surface area (Å²) in [5, 5.41) is 21.5. The monoisotopic (exact) mass is 285 g/mol. The van der Waals surface area contributed by atoms with Crippen LogP contribution in [0.4, 0.5) is 0 Å². The van der Waals surface area contributed by atoms with E-state index in [2.05, 4.69) is 5.32 Å². The SMILES string of the molecule is O=C(NC1CCS(=O)(=O)CC1)c1cc(O)ccc1O. The fourth-order valence-corrected chi connectivity index (χ4v) is 3.49. The van der Waals surface area contributed by atoms with Crippen LogP contribution in [0.3, 0.4) is 0 Å². The topological polar surface area (TPSA) is 104 Å². The number of carbonyl (C=O) groups is 1. The number of hydrogen-bond donors (Lipinski definition) is 3. The molecule has 0 aromatic heterocycles. The number of rotatable bonds is 2. The Morgan fingerprint density at radius 1 is 1.21 bits per heavy atom. The summed E-state index contributed by atoms with van der Waals surface area (Å²) in [6, 6.07) is 3.46. The van der Waals surface area contributed by atoms with Crippen LogP contribution in [0.1, 0.15) is 23.2 Å². The van der Waals surface area contributed by atoms with E-state index in [-0.39, 0.29) is 34.6 Å². The van der Waals surface area contributed by atoms with Crippen molar-refractivity contribution in [2.45, 2.75) is 18.9 Å². The third-order valence-corrected chi connectivity index (χ3v) is 4.83. The number of sulfone groups is 1. The minimum atomic E-state index is -2.97. The molecule has 104 valence electrons. The molecule has 0 saturated carbocycles. The zero-order chi connectivity index (χ0) is 14.0. The largest absolute Gasteiger partial charge is 0.508 e. The molecule has 3 N–H and O–H groups in total. The van der Waals surface area contributed by atoms with Crippen molar-refractivity contribution in [3.63, 3.8) is 0 Å². The average molecular weight is 285 g/mol. The minimum absolute atomic E-state index is 0.0200. The van der Waals surface area contributed by atoms with Crippen LogP contribution in [0.25, 0.3) is 0 Å². The van der Waals surface area contributed by atoms with Gasteiger partial charge in [0.2, 0.25) is 0 Å². The Labute approximate surface area is 111 Å². The Morgan fingerprint density at radius 3 is 2.47 bits per heavy atom. The molecule has 1 aromatic rings. The first kappa shape index (κ1) is 13.7. The summed E-state index contributed by atoms with van der Waals surface area (Å²) in [7, 11) is -2.97. The maximum absolute atomic E-state index is 11.9. The molecule has 1 fully saturated rings. The van der Waals surface area contributed by atoms with E-state index in [9.17, 15) is 23.4 Å². The molecule has 1 heterocycles. The van der Waals surface area contributed by atoms with Gasteiger partial charge in [0.15, 0.2) is 0 Å². The summed E-state index contributed by atoms with van der Waals surface area (Å²) in [6.07, 6.45) is 0.737. The highest BCUT2D eigenvalue weighted by molar-refractivity contribution is 7.91. The van der Waals surface area contributed by atoms with Gasteiger partial charge in [0.1, 0.15) is 21.3 Å².